The number of aryl methyl sites for hydroxylation is 2. The van der Waals surface area contributed by atoms with E-state index in [2.05, 4.69) is 10.3 Å². The summed E-state index contributed by atoms with van der Waals surface area (Å²) in [5.41, 5.74) is 2.92. The molecule has 0 atom stereocenters. The lowest BCUT2D eigenvalue weighted by molar-refractivity contribution is 0.0950. The molecule has 1 heterocycles. The van der Waals surface area contributed by atoms with E-state index < -0.39 is 9.84 Å². The van der Waals surface area contributed by atoms with Crippen LogP contribution in [-0.4, -0.2) is 33.5 Å². The Morgan fingerprint density at radius 3 is 2.35 bits per heavy atom. The molecule has 31 heavy (non-hydrogen) atoms. The summed E-state index contributed by atoms with van der Waals surface area (Å²) < 4.78 is 36.1. The van der Waals surface area contributed by atoms with Crippen molar-refractivity contribution in [2.45, 2.75) is 30.3 Å². The van der Waals surface area contributed by atoms with Crippen LogP contribution in [0.2, 0.25) is 0 Å². The van der Waals surface area contributed by atoms with Gasteiger partial charge in [0, 0.05) is 24.4 Å². The molecule has 3 aromatic rings. The van der Waals surface area contributed by atoms with Crippen LogP contribution < -0.4 is 14.8 Å². The van der Waals surface area contributed by atoms with Crippen LogP contribution in [0.15, 0.2) is 64.6 Å². The van der Waals surface area contributed by atoms with Crippen molar-refractivity contribution in [2.24, 2.45) is 0 Å². The van der Waals surface area contributed by atoms with E-state index in [1.54, 1.807) is 50.6 Å². The van der Waals surface area contributed by atoms with Crippen molar-refractivity contribution in [3.8, 4) is 11.5 Å². The molecule has 0 saturated heterocycles. The molecular weight excluding hydrogens is 416 g/mol. The number of hydrogen-bond donors (Lipinski definition) is 1. The molecule has 1 amide bonds. The Balaban J connectivity index is 1.74. The molecule has 1 aromatic heterocycles. The van der Waals surface area contributed by atoms with Crippen molar-refractivity contribution in [3.63, 3.8) is 0 Å². The number of benzene rings is 2. The minimum atomic E-state index is -3.76. The average Bonchev–Trinajstić information content (AvgIpc) is 2.79. The second-order valence-electron chi connectivity index (χ2n) is 7.00. The highest BCUT2D eigenvalue weighted by Crippen LogP contribution is 2.25. The number of aromatic nitrogens is 1. The number of carbonyl (C=O) groups is 1. The second kappa shape index (κ2) is 9.18. The Morgan fingerprint density at radius 1 is 0.968 bits per heavy atom. The SMILES string of the molecule is COc1ccc(CNC(=O)c2ccc(S(=O)(=O)c3ccc(C)c(C)c3)nc2)c(OC)c1. The van der Waals surface area contributed by atoms with Gasteiger partial charge in [-0.05, 0) is 61.4 Å². The molecule has 0 unspecified atom stereocenters. The molecule has 162 valence electrons. The normalized spacial score (nSPS) is 11.1. The Kier molecular flexibility index (Phi) is 6.60. The van der Waals surface area contributed by atoms with E-state index in [-0.39, 0.29) is 27.9 Å². The minimum Gasteiger partial charge on any atom is -0.497 e. The standard InChI is InChI=1S/C23H24N2O5S/c1-15-5-9-20(11-16(15)2)31(27,28)22-10-7-18(14-24-22)23(26)25-13-17-6-8-19(29-3)12-21(17)30-4/h5-12,14H,13H2,1-4H3,(H,25,26). The van der Waals surface area contributed by atoms with Crippen molar-refractivity contribution >= 4 is 15.7 Å². The van der Waals surface area contributed by atoms with Gasteiger partial charge in [-0.1, -0.05) is 6.07 Å². The summed E-state index contributed by atoms with van der Waals surface area (Å²) in [4.78, 5) is 16.7. The molecule has 0 aliphatic heterocycles. The van der Waals surface area contributed by atoms with Crippen LogP contribution in [-0.2, 0) is 16.4 Å². The van der Waals surface area contributed by atoms with Crippen LogP contribution >= 0.6 is 0 Å². The molecule has 1 N–H and O–H groups in total. The molecule has 8 heteroatoms. The second-order valence-corrected chi connectivity index (χ2v) is 8.89. The summed E-state index contributed by atoms with van der Waals surface area (Å²) in [5, 5.41) is 2.67. The summed E-state index contributed by atoms with van der Waals surface area (Å²) in [6, 6.07) is 13.0. The predicted octanol–water partition coefficient (Wildman–Crippen LogP) is 3.48. The van der Waals surface area contributed by atoms with Gasteiger partial charge in [0.25, 0.3) is 5.91 Å². The molecule has 0 aliphatic carbocycles. The molecule has 0 bridgehead atoms. The number of sulfone groups is 1. The lowest BCUT2D eigenvalue weighted by Crippen LogP contribution is -2.23. The van der Waals surface area contributed by atoms with Gasteiger partial charge in [0.1, 0.15) is 11.5 Å². The number of nitrogens with one attached hydrogen (secondary N) is 1. The number of nitrogens with zero attached hydrogens (tertiary/aromatic N) is 1. The number of hydrogen-bond acceptors (Lipinski definition) is 6. The first-order valence-corrected chi connectivity index (χ1v) is 11.0. The number of methoxy groups -OCH3 is 2. The molecule has 7 nitrogen and oxygen atoms in total. The summed E-state index contributed by atoms with van der Waals surface area (Å²) >= 11 is 0. The van der Waals surface area contributed by atoms with E-state index in [4.69, 9.17) is 9.47 Å². The Bertz CT molecular complexity index is 1210. The first kappa shape index (κ1) is 22.3. The number of carbonyl (C=O) groups excluding carboxylic acids is 1. The van der Waals surface area contributed by atoms with Gasteiger partial charge in [0.2, 0.25) is 9.84 Å². The van der Waals surface area contributed by atoms with Crippen LogP contribution in [0.25, 0.3) is 0 Å². The van der Waals surface area contributed by atoms with E-state index in [0.717, 1.165) is 16.7 Å². The molecule has 2 aromatic carbocycles. The highest BCUT2D eigenvalue weighted by atomic mass is 32.2. The molecular formula is C23H24N2O5S. The van der Waals surface area contributed by atoms with Crippen molar-refractivity contribution < 1.29 is 22.7 Å². The van der Waals surface area contributed by atoms with E-state index in [1.807, 2.05) is 13.8 Å². The molecule has 0 radical (unpaired) electrons. The van der Waals surface area contributed by atoms with E-state index in [1.165, 1.54) is 18.3 Å². The van der Waals surface area contributed by atoms with Gasteiger partial charge in [0.05, 0.1) is 24.7 Å². The summed E-state index contributed by atoms with van der Waals surface area (Å²) in [6.45, 7) is 4.00. The highest BCUT2D eigenvalue weighted by molar-refractivity contribution is 7.91. The zero-order valence-corrected chi connectivity index (χ0v) is 18.6. The maximum atomic E-state index is 12.8. The van der Waals surface area contributed by atoms with Gasteiger partial charge in [-0.3, -0.25) is 4.79 Å². The third-order valence-corrected chi connectivity index (χ3v) is 6.66. The Morgan fingerprint density at radius 2 is 1.74 bits per heavy atom. The summed E-state index contributed by atoms with van der Waals surface area (Å²) in [5.74, 6) is 0.866. The first-order chi connectivity index (χ1) is 14.8. The fourth-order valence-electron chi connectivity index (χ4n) is 2.95. The van der Waals surface area contributed by atoms with Crippen molar-refractivity contribution in [2.75, 3.05) is 14.2 Å². The van der Waals surface area contributed by atoms with Crippen LogP contribution in [0, 0.1) is 13.8 Å². The number of rotatable bonds is 7. The third kappa shape index (κ3) is 4.86. The van der Waals surface area contributed by atoms with E-state index in [9.17, 15) is 13.2 Å². The zero-order valence-electron chi connectivity index (χ0n) is 17.8. The van der Waals surface area contributed by atoms with E-state index >= 15 is 0 Å². The number of amides is 1. The first-order valence-electron chi connectivity index (χ1n) is 9.53. The fraction of sp³-hybridized carbons (Fsp3) is 0.217. The molecule has 0 spiro atoms. The van der Waals surface area contributed by atoms with Crippen molar-refractivity contribution in [1.82, 2.24) is 10.3 Å². The smallest absolute Gasteiger partial charge is 0.253 e. The van der Waals surface area contributed by atoms with Gasteiger partial charge >= 0.3 is 0 Å². The van der Waals surface area contributed by atoms with Gasteiger partial charge in [-0.25, -0.2) is 13.4 Å². The molecule has 3 rings (SSSR count). The maximum absolute atomic E-state index is 12.8. The minimum absolute atomic E-state index is 0.107. The predicted molar refractivity (Wildman–Crippen MR) is 116 cm³/mol. The Hall–Kier alpha value is -3.39. The monoisotopic (exact) mass is 440 g/mol. The molecule has 0 saturated carbocycles. The zero-order chi connectivity index (χ0) is 22.6. The third-order valence-electron chi connectivity index (χ3n) is 5.00. The van der Waals surface area contributed by atoms with Gasteiger partial charge in [0.15, 0.2) is 5.03 Å². The quantitative estimate of drug-likeness (QED) is 0.604. The van der Waals surface area contributed by atoms with Crippen LogP contribution in [0.4, 0.5) is 0 Å². The van der Waals surface area contributed by atoms with Crippen LogP contribution in [0.5, 0.6) is 11.5 Å². The van der Waals surface area contributed by atoms with Crippen molar-refractivity contribution in [3.05, 3.63) is 77.0 Å². The average molecular weight is 441 g/mol. The topological polar surface area (TPSA) is 94.6 Å². The lowest BCUT2D eigenvalue weighted by atomic mass is 10.1. The van der Waals surface area contributed by atoms with Crippen LogP contribution in [0.1, 0.15) is 27.0 Å². The summed E-state index contributed by atoms with van der Waals surface area (Å²) in [6.07, 6.45) is 1.26. The number of pyridine rings is 1. The number of ether oxygens (including phenoxy) is 2. The fourth-order valence-corrected chi connectivity index (χ4v) is 4.21. The highest BCUT2D eigenvalue weighted by Gasteiger charge is 2.20. The lowest BCUT2D eigenvalue weighted by Gasteiger charge is -2.11. The van der Waals surface area contributed by atoms with E-state index in [0.29, 0.717) is 11.5 Å². The van der Waals surface area contributed by atoms with Gasteiger partial charge in [-0.15, -0.1) is 0 Å². The Labute approximate surface area is 182 Å². The van der Waals surface area contributed by atoms with Gasteiger partial charge < -0.3 is 14.8 Å². The molecule has 0 fully saturated rings. The summed E-state index contributed by atoms with van der Waals surface area (Å²) in [7, 11) is -0.660. The van der Waals surface area contributed by atoms with Crippen LogP contribution in [0.3, 0.4) is 0 Å². The molecule has 0 aliphatic rings. The van der Waals surface area contributed by atoms with Crippen molar-refractivity contribution in [1.29, 1.82) is 0 Å². The largest absolute Gasteiger partial charge is 0.497 e. The van der Waals surface area contributed by atoms with Gasteiger partial charge in [-0.2, -0.15) is 0 Å². The maximum Gasteiger partial charge on any atom is 0.253 e.